The van der Waals surface area contributed by atoms with Crippen LogP contribution in [0.25, 0.3) is 0 Å². The minimum absolute atomic E-state index is 0.0553. The van der Waals surface area contributed by atoms with Gasteiger partial charge in [0.15, 0.2) is 12.1 Å². The molecule has 9 unspecified atom stereocenters. The summed E-state index contributed by atoms with van der Waals surface area (Å²) in [6.07, 6.45) is 0.0275. The molecule has 0 aromatic carbocycles. The lowest BCUT2D eigenvalue weighted by atomic mass is 9.98. The van der Waals surface area contributed by atoms with E-state index in [1.165, 1.54) is 22.7 Å². The summed E-state index contributed by atoms with van der Waals surface area (Å²) >= 11 is 2.56. The topological polar surface area (TPSA) is 185 Å². The fraction of sp³-hybridized carbons (Fsp3) is 0.647. The van der Waals surface area contributed by atoms with Crippen LogP contribution in [0.1, 0.15) is 118 Å². The average molecular weight is 729 g/mol. The summed E-state index contributed by atoms with van der Waals surface area (Å²) in [7, 11) is 0. The van der Waals surface area contributed by atoms with Crippen molar-refractivity contribution in [2.75, 3.05) is 0 Å². The number of nitrogens with one attached hydrogen (secondary N) is 4. The maximum absolute atomic E-state index is 13.7. The Morgan fingerprint density at radius 1 is 0.680 bits per heavy atom. The third-order valence-electron chi connectivity index (χ3n) is 9.32. The molecule has 9 atom stereocenters. The smallest absolute Gasteiger partial charge is 0.271 e. The molecule has 0 radical (unpaired) electrons. The third-order valence-corrected chi connectivity index (χ3v) is 11.2. The van der Waals surface area contributed by atoms with E-state index in [0.29, 0.717) is 22.9 Å². The molecule has 272 valence electrons. The zero-order valence-electron chi connectivity index (χ0n) is 30.0. The van der Waals surface area contributed by atoms with Gasteiger partial charge in [-0.3, -0.25) is 19.2 Å². The van der Waals surface area contributed by atoms with Crippen molar-refractivity contribution in [3.8, 4) is 0 Å². The molecule has 50 heavy (non-hydrogen) atoms. The van der Waals surface area contributed by atoms with Gasteiger partial charge in [0.25, 0.3) is 11.8 Å². The number of carbonyl (C=O) groups is 4. The maximum atomic E-state index is 13.7. The molecule has 4 amide bonds. The minimum atomic E-state index is -0.854. The molecular weight excluding hydrogens is 681 g/mol. The molecule has 5 rings (SSSR count). The molecule has 0 saturated carbocycles. The Balaban J connectivity index is 1.53. The van der Waals surface area contributed by atoms with E-state index in [9.17, 15) is 19.2 Å². The number of rotatable bonds is 5. The summed E-state index contributed by atoms with van der Waals surface area (Å²) in [5, 5.41) is 16.6. The number of ether oxygens (including phenoxy) is 2. The van der Waals surface area contributed by atoms with Crippen LogP contribution in [0.5, 0.6) is 0 Å². The predicted octanol–water partition coefficient (Wildman–Crippen LogP) is 3.96. The van der Waals surface area contributed by atoms with E-state index < -0.39 is 60.3 Å². The zero-order chi connectivity index (χ0) is 36.4. The van der Waals surface area contributed by atoms with Gasteiger partial charge in [-0.25, -0.2) is 20.0 Å². The highest BCUT2D eigenvalue weighted by molar-refractivity contribution is 7.10. The molecule has 5 heterocycles. The number of nitrogens with zero attached hydrogens (tertiary/aromatic N) is 4. The van der Waals surface area contributed by atoms with Gasteiger partial charge in [-0.1, -0.05) is 54.9 Å². The van der Waals surface area contributed by atoms with Crippen molar-refractivity contribution in [3.63, 3.8) is 0 Å². The van der Waals surface area contributed by atoms with Crippen LogP contribution in [-0.2, 0) is 19.1 Å². The van der Waals surface area contributed by atoms with Gasteiger partial charge >= 0.3 is 0 Å². The van der Waals surface area contributed by atoms with E-state index >= 15 is 0 Å². The van der Waals surface area contributed by atoms with Crippen molar-refractivity contribution in [2.45, 2.75) is 124 Å². The lowest BCUT2D eigenvalue weighted by molar-refractivity contribution is -0.125. The summed E-state index contributed by atoms with van der Waals surface area (Å²) in [4.78, 5) is 73.0. The highest BCUT2D eigenvalue weighted by Crippen LogP contribution is 2.29. The number of thiazole rings is 2. The van der Waals surface area contributed by atoms with Crippen molar-refractivity contribution in [2.24, 2.45) is 27.7 Å². The fourth-order valence-corrected chi connectivity index (χ4v) is 8.01. The lowest BCUT2D eigenvalue weighted by Crippen LogP contribution is -2.45. The maximum Gasteiger partial charge on any atom is 0.271 e. The molecule has 4 N–H and O–H groups in total. The van der Waals surface area contributed by atoms with Gasteiger partial charge in [-0.15, -0.1) is 22.7 Å². The van der Waals surface area contributed by atoms with E-state index in [-0.39, 0.29) is 52.8 Å². The Kier molecular flexibility index (Phi) is 11.6. The molecule has 16 heteroatoms. The Morgan fingerprint density at radius 2 is 1.14 bits per heavy atom. The largest absolute Gasteiger partial charge is 0.474 e. The second-order valence-corrected chi connectivity index (χ2v) is 15.6. The van der Waals surface area contributed by atoms with Crippen molar-refractivity contribution in [1.82, 2.24) is 31.2 Å². The van der Waals surface area contributed by atoms with Crippen LogP contribution >= 0.6 is 22.7 Å². The number of carbonyl (C=O) groups excluding carboxylic acids is 4. The first kappa shape index (κ1) is 37.3. The lowest BCUT2D eigenvalue weighted by Gasteiger charge is -2.24. The fourth-order valence-electron chi connectivity index (χ4n) is 5.97. The molecule has 2 aromatic heterocycles. The average Bonchev–Trinajstić information content (AvgIpc) is 3.89. The number of fused-ring (bicyclic) bond motifs is 6. The molecule has 3 aliphatic heterocycles. The van der Waals surface area contributed by atoms with Crippen molar-refractivity contribution < 1.29 is 28.7 Å². The van der Waals surface area contributed by atoms with Crippen molar-refractivity contribution in [1.29, 1.82) is 0 Å². The number of amides is 4. The van der Waals surface area contributed by atoms with Gasteiger partial charge in [0.2, 0.25) is 23.6 Å². The molecule has 14 nitrogen and oxygen atoms in total. The summed E-state index contributed by atoms with van der Waals surface area (Å²) in [5.74, 6) is -1.14. The Labute approximate surface area is 300 Å². The molecule has 8 bridgehead atoms. The van der Waals surface area contributed by atoms with Crippen LogP contribution in [0, 0.1) is 17.8 Å². The second kappa shape index (κ2) is 15.5. The Morgan fingerprint density at radius 3 is 1.60 bits per heavy atom. The van der Waals surface area contributed by atoms with Gasteiger partial charge in [-0.2, -0.15) is 0 Å². The van der Waals surface area contributed by atoms with Gasteiger partial charge in [-0.05, 0) is 38.0 Å². The molecule has 0 saturated heterocycles. The van der Waals surface area contributed by atoms with Crippen LogP contribution in [0.15, 0.2) is 20.7 Å². The SMILES string of the molecule is CCC1NC(=O)c2csc(n2)C(C(C)C)NC(=O)C2N=C(OC2C)C(C(C)CC)NC(=O)c2csc(n2)C(C(C)C)NC(=O)C2N=C1OC2C. The van der Waals surface area contributed by atoms with Crippen molar-refractivity contribution >= 4 is 58.1 Å². The molecule has 0 aliphatic carbocycles. The molecule has 0 spiro atoms. The quantitative estimate of drug-likeness (QED) is 0.356. The van der Waals surface area contributed by atoms with E-state index in [0.717, 1.165) is 0 Å². The van der Waals surface area contributed by atoms with Crippen molar-refractivity contribution in [3.05, 3.63) is 32.2 Å². The minimum Gasteiger partial charge on any atom is -0.474 e. The molecule has 3 aliphatic rings. The first-order chi connectivity index (χ1) is 23.7. The first-order valence-corrected chi connectivity index (χ1v) is 19.1. The highest BCUT2D eigenvalue weighted by atomic mass is 32.1. The molecule has 2 aromatic rings. The number of hydrogen-bond donors (Lipinski definition) is 4. The van der Waals surface area contributed by atoms with Gasteiger partial charge in [0.1, 0.15) is 45.7 Å². The van der Waals surface area contributed by atoms with Crippen LogP contribution in [0.3, 0.4) is 0 Å². The molecular formula is C34H48N8O6S2. The second-order valence-electron chi connectivity index (χ2n) is 13.8. The van der Waals surface area contributed by atoms with E-state index in [1.54, 1.807) is 24.6 Å². The summed E-state index contributed by atoms with van der Waals surface area (Å²) < 4.78 is 12.2. The monoisotopic (exact) mass is 728 g/mol. The van der Waals surface area contributed by atoms with E-state index in [1.807, 2.05) is 48.5 Å². The van der Waals surface area contributed by atoms with Gasteiger partial charge < -0.3 is 30.7 Å². The van der Waals surface area contributed by atoms with Gasteiger partial charge in [0.05, 0.1) is 12.1 Å². The number of aromatic nitrogens is 2. The van der Waals surface area contributed by atoms with E-state index in [2.05, 4.69) is 36.2 Å². The van der Waals surface area contributed by atoms with Crippen LogP contribution in [0.4, 0.5) is 0 Å². The van der Waals surface area contributed by atoms with Crippen LogP contribution < -0.4 is 21.3 Å². The predicted molar refractivity (Wildman–Crippen MR) is 191 cm³/mol. The summed E-state index contributed by atoms with van der Waals surface area (Å²) in [5.41, 5.74) is 0.405. The Hall–Kier alpha value is -3.92. The first-order valence-electron chi connectivity index (χ1n) is 17.3. The summed E-state index contributed by atoms with van der Waals surface area (Å²) in [6, 6.07) is -3.87. The van der Waals surface area contributed by atoms with Crippen LogP contribution in [0.2, 0.25) is 0 Å². The number of hydrogen-bond acceptors (Lipinski definition) is 12. The third kappa shape index (κ3) is 7.85. The summed E-state index contributed by atoms with van der Waals surface area (Å²) in [6.45, 7) is 17.3. The Bertz CT molecular complexity index is 1650. The highest BCUT2D eigenvalue weighted by Gasteiger charge is 2.41. The number of aliphatic imine (C=N–C) groups is 2. The van der Waals surface area contributed by atoms with E-state index in [4.69, 9.17) is 14.5 Å². The zero-order valence-corrected chi connectivity index (χ0v) is 31.6. The molecule has 0 fully saturated rings. The normalized spacial score (nSPS) is 29.9. The standard InChI is InChI=1S/C34H48N8O6S2/c1-10-16(7)24-32-42-26(18(9)48-32)30(46)39-22(14(3)4)33-36-20(12-49-33)27(43)35-19(11-2)31-41-25(17(8)47-31)29(45)38-23(15(5)6)34-37-21(13-50-34)28(44)40-24/h12-19,22-26H,10-11H2,1-9H3,(H,35,43)(H,38,45)(H,39,46)(H,40,44). The van der Waals surface area contributed by atoms with Gasteiger partial charge in [0, 0.05) is 10.8 Å². The van der Waals surface area contributed by atoms with Crippen LogP contribution in [-0.4, -0.2) is 81.8 Å².